The summed E-state index contributed by atoms with van der Waals surface area (Å²) < 4.78 is 97.3. The summed E-state index contributed by atoms with van der Waals surface area (Å²) in [7, 11) is -3.90. The average molecular weight is 1140 g/mol. The zero-order valence-electron chi connectivity index (χ0n) is 50.2. The molecule has 2 aromatic heterocycles. The summed E-state index contributed by atoms with van der Waals surface area (Å²) in [5, 5.41) is 20.9. The Morgan fingerprint density at radius 1 is 0.512 bits per heavy atom. The summed E-state index contributed by atoms with van der Waals surface area (Å²) in [6.45, 7) is 28.3. The number of carbonyl (C=O) groups excluding carboxylic acids is 4. The highest BCUT2D eigenvalue weighted by Crippen LogP contribution is 2.43. The summed E-state index contributed by atoms with van der Waals surface area (Å²) in [5.74, 6) is -12.1. The standard InChI is InChI=1S/C60H81F2N2O15P/c1-33(2)49-43(65)23-21-39(63-49)27-41-35(5)25-45(47(61)37(41)7)76-59(29-72-51(67)55(9,10)11,30-73-52(68)56(12,13)14)78-80(71)79-60(31-74-53(69)57(15,16)17,32-75-54(70)58(18,19)20)77-46-26-36(6)42(38(8)48(46)62)28-40-22-24-44(66)50(64-40)34(3)4/h21-26,33-34H,27-32H2,1-20H3,(H-,65,66)/p+1. The lowest BCUT2D eigenvalue weighted by atomic mass is 9.96. The van der Waals surface area contributed by atoms with E-state index in [0.29, 0.717) is 45.0 Å². The predicted octanol–water partition coefficient (Wildman–Crippen LogP) is 12.7. The number of benzene rings is 2. The van der Waals surface area contributed by atoms with E-state index in [4.69, 9.17) is 37.5 Å². The van der Waals surface area contributed by atoms with Gasteiger partial charge in [0, 0.05) is 28.8 Å². The molecule has 0 spiro atoms. The molecule has 0 unspecified atom stereocenters. The maximum atomic E-state index is 17.1. The van der Waals surface area contributed by atoms with Crippen LogP contribution >= 0.6 is 8.25 Å². The number of ether oxygens (including phenoxy) is 6. The van der Waals surface area contributed by atoms with Gasteiger partial charge in [0.15, 0.2) is 49.6 Å². The molecular formula is C60H82F2N2O15P+. The number of nitrogens with zero attached hydrogens (tertiary/aromatic N) is 2. The van der Waals surface area contributed by atoms with E-state index in [9.17, 15) is 29.4 Å². The molecule has 4 rings (SSSR count). The lowest BCUT2D eigenvalue weighted by Crippen LogP contribution is -2.51. The molecule has 0 amide bonds. The van der Waals surface area contributed by atoms with Crippen LogP contribution in [0.1, 0.15) is 179 Å². The first-order valence-electron chi connectivity index (χ1n) is 26.5. The van der Waals surface area contributed by atoms with Crippen molar-refractivity contribution < 1.29 is 80.2 Å². The minimum absolute atomic E-state index is 0.0121. The number of aromatic nitrogens is 2. The van der Waals surface area contributed by atoms with E-state index in [-0.39, 0.29) is 47.3 Å². The molecule has 80 heavy (non-hydrogen) atoms. The molecule has 2 N–H and O–H groups in total. The van der Waals surface area contributed by atoms with Crippen LogP contribution in [-0.4, -0.2) is 82.1 Å². The zero-order valence-corrected chi connectivity index (χ0v) is 51.1. The quantitative estimate of drug-likeness (QED) is 0.0323. The third-order valence-electron chi connectivity index (χ3n) is 12.6. The number of halogens is 2. The number of rotatable bonds is 22. The lowest BCUT2D eigenvalue weighted by molar-refractivity contribution is -0.225. The summed E-state index contributed by atoms with van der Waals surface area (Å²) in [5.41, 5.74) is -0.612. The number of hydrogen-bond acceptors (Lipinski definition) is 17. The average Bonchev–Trinajstić information content (AvgIpc) is 3.33. The molecule has 20 heteroatoms. The fraction of sp³-hybridized carbons (Fsp3) is 0.567. The number of aromatic hydroxyl groups is 2. The van der Waals surface area contributed by atoms with Crippen molar-refractivity contribution >= 4 is 32.1 Å². The van der Waals surface area contributed by atoms with Gasteiger partial charge < -0.3 is 38.6 Å². The van der Waals surface area contributed by atoms with Gasteiger partial charge in [0.05, 0.1) is 33.0 Å². The van der Waals surface area contributed by atoms with Crippen molar-refractivity contribution in [3.05, 3.63) is 104 Å². The van der Waals surface area contributed by atoms with Crippen LogP contribution in [-0.2, 0) is 64.6 Å². The first-order chi connectivity index (χ1) is 36.6. The van der Waals surface area contributed by atoms with E-state index in [0.717, 1.165) is 0 Å². The molecule has 0 aliphatic heterocycles. The van der Waals surface area contributed by atoms with Crippen molar-refractivity contribution in [3.8, 4) is 23.0 Å². The van der Waals surface area contributed by atoms with E-state index in [1.165, 1.54) is 38.1 Å². The van der Waals surface area contributed by atoms with Crippen LogP contribution in [0.2, 0.25) is 0 Å². The Hall–Kier alpha value is -6.30. The number of hydrogen-bond donors (Lipinski definition) is 2. The second-order valence-electron chi connectivity index (χ2n) is 25.0. The molecule has 0 fully saturated rings. The molecule has 0 radical (unpaired) electrons. The largest absolute Gasteiger partial charge is 0.706 e. The molecule has 0 saturated heterocycles. The fourth-order valence-corrected chi connectivity index (χ4v) is 8.51. The smallest absolute Gasteiger partial charge is 0.506 e. The molecule has 2 heterocycles. The second-order valence-corrected chi connectivity index (χ2v) is 25.8. The van der Waals surface area contributed by atoms with Crippen LogP contribution in [0.15, 0.2) is 36.4 Å². The molecule has 2 aromatic carbocycles. The van der Waals surface area contributed by atoms with Crippen LogP contribution in [0, 0.1) is 61.0 Å². The van der Waals surface area contributed by atoms with E-state index >= 15 is 13.3 Å². The van der Waals surface area contributed by atoms with Crippen LogP contribution in [0.4, 0.5) is 8.78 Å². The Bertz CT molecular complexity index is 2690. The van der Waals surface area contributed by atoms with Gasteiger partial charge in [-0.25, -0.2) is 8.78 Å². The number of aryl methyl sites for hydroxylation is 2. The van der Waals surface area contributed by atoms with Crippen molar-refractivity contribution in [2.75, 3.05) is 26.4 Å². The van der Waals surface area contributed by atoms with Crippen molar-refractivity contribution in [1.29, 1.82) is 0 Å². The maximum absolute atomic E-state index is 17.1. The number of esters is 4. The van der Waals surface area contributed by atoms with E-state index in [1.54, 1.807) is 109 Å². The van der Waals surface area contributed by atoms with Gasteiger partial charge >= 0.3 is 43.7 Å². The molecule has 0 aliphatic carbocycles. The summed E-state index contributed by atoms with van der Waals surface area (Å²) in [4.78, 5) is 63.6. The minimum Gasteiger partial charge on any atom is -0.506 e. The molecule has 4 aromatic rings. The van der Waals surface area contributed by atoms with Gasteiger partial charge in [0.2, 0.25) is 0 Å². The molecule has 0 atom stereocenters. The summed E-state index contributed by atoms with van der Waals surface area (Å²) in [6.07, 6.45) is 0.253. The highest BCUT2D eigenvalue weighted by atomic mass is 31.1. The molecule has 0 bridgehead atoms. The molecule has 0 saturated carbocycles. The number of pyridine rings is 2. The second kappa shape index (κ2) is 25.7. The minimum atomic E-state index is -3.90. The van der Waals surface area contributed by atoms with Crippen LogP contribution in [0.5, 0.6) is 23.0 Å². The highest BCUT2D eigenvalue weighted by molar-refractivity contribution is 7.33. The maximum Gasteiger partial charge on any atom is 0.706 e. The van der Waals surface area contributed by atoms with Crippen LogP contribution in [0.3, 0.4) is 0 Å². The predicted molar refractivity (Wildman–Crippen MR) is 295 cm³/mol. The SMILES string of the molecule is Cc1cc(OC(COC(=O)C(C)(C)C)(COC(=O)C(C)(C)C)O[P+](=O)OC(COC(=O)C(C)(C)C)(COC(=O)C(C)(C)C)Oc2cc(C)c(Cc3ccc(O)c(C(C)C)n3)c(C)c2F)c(F)c(C)c1Cc1ccc(O)c(C(C)C)n1. The van der Waals surface area contributed by atoms with Gasteiger partial charge in [-0.1, -0.05) is 36.7 Å². The number of carbonyl (C=O) groups is 4. The third-order valence-corrected chi connectivity index (χ3v) is 13.6. The highest BCUT2D eigenvalue weighted by Gasteiger charge is 2.56. The van der Waals surface area contributed by atoms with Crippen LogP contribution in [0.25, 0.3) is 0 Å². The van der Waals surface area contributed by atoms with Crippen molar-refractivity contribution in [1.82, 2.24) is 9.97 Å². The Balaban J connectivity index is 1.97. The van der Waals surface area contributed by atoms with Gasteiger partial charge in [-0.05, 0) is 192 Å². The van der Waals surface area contributed by atoms with E-state index in [1.807, 2.05) is 27.7 Å². The lowest BCUT2D eigenvalue weighted by Gasteiger charge is -2.32. The molecule has 17 nitrogen and oxygen atoms in total. The third kappa shape index (κ3) is 17.4. The topological polar surface area (TPSA) is 225 Å². The Morgan fingerprint density at radius 3 is 1.04 bits per heavy atom. The first-order valence-corrected chi connectivity index (χ1v) is 27.6. The van der Waals surface area contributed by atoms with Crippen molar-refractivity contribution in [2.45, 2.75) is 175 Å². The van der Waals surface area contributed by atoms with Crippen molar-refractivity contribution in [3.63, 3.8) is 0 Å². The van der Waals surface area contributed by atoms with Gasteiger partial charge in [0.25, 0.3) is 0 Å². The molecule has 440 valence electrons. The van der Waals surface area contributed by atoms with Crippen molar-refractivity contribution in [2.24, 2.45) is 21.7 Å². The fourth-order valence-electron chi connectivity index (χ4n) is 7.64. The van der Waals surface area contributed by atoms with Crippen LogP contribution < -0.4 is 9.47 Å². The van der Waals surface area contributed by atoms with Gasteiger partial charge in [-0.2, -0.15) is 0 Å². The zero-order chi connectivity index (χ0) is 60.8. The monoisotopic (exact) mass is 1140 g/mol. The normalized spacial score (nSPS) is 12.6. The molecule has 0 aliphatic rings. The van der Waals surface area contributed by atoms with E-state index < -0.39 is 115 Å². The molecular weight excluding hydrogens is 1060 g/mol. The summed E-state index contributed by atoms with van der Waals surface area (Å²) in [6, 6.07) is 8.89. The van der Waals surface area contributed by atoms with Gasteiger partial charge in [-0.3, -0.25) is 29.1 Å². The Morgan fingerprint density at radius 2 is 0.787 bits per heavy atom. The first kappa shape index (κ1) is 66.2. The van der Waals surface area contributed by atoms with Gasteiger partial charge in [0.1, 0.15) is 11.5 Å². The Labute approximate surface area is 470 Å². The van der Waals surface area contributed by atoms with E-state index in [2.05, 4.69) is 9.97 Å². The Kier molecular flexibility index (Phi) is 21.2. The summed E-state index contributed by atoms with van der Waals surface area (Å²) >= 11 is 0. The van der Waals surface area contributed by atoms with Gasteiger partial charge in [-0.15, -0.1) is 0 Å².